The average molecular weight is 349 g/mol. The minimum atomic E-state index is -0.249. The predicted molar refractivity (Wildman–Crippen MR) is 80.1 cm³/mol. The molecule has 0 aliphatic rings. The maximum absolute atomic E-state index is 13.4. The van der Waals surface area contributed by atoms with E-state index in [0.29, 0.717) is 5.88 Å². The van der Waals surface area contributed by atoms with Crippen LogP contribution in [-0.4, -0.2) is 7.05 Å². The van der Waals surface area contributed by atoms with Crippen molar-refractivity contribution >= 4 is 44.6 Å². The summed E-state index contributed by atoms with van der Waals surface area (Å²) in [4.78, 5) is 2.01. The van der Waals surface area contributed by atoms with Crippen LogP contribution in [0, 0.1) is 5.82 Å². The van der Waals surface area contributed by atoms with Crippen molar-refractivity contribution in [3.8, 4) is 0 Å². The number of benzene rings is 1. The van der Waals surface area contributed by atoms with Crippen LogP contribution in [0.3, 0.4) is 0 Å². The summed E-state index contributed by atoms with van der Waals surface area (Å²) < 4.78 is 14.5. The molecule has 2 aromatic rings. The zero-order chi connectivity index (χ0) is 13.1. The zero-order valence-corrected chi connectivity index (χ0v) is 12.9. The van der Waals surface area contributed by atoms with Crippen LogP contribution in [0.25, 0.3) is 0 Å². The number of alkyl halides is 1. The molecule has 0 fully saturated rings. The average Bonchev–Trinajstić information content (AvgIpc) is 2.73. The molecule has 2 rings (SSSR count). The van der Waals surface area contributed by atoms with Crippen molar-refractivity contribution < 1.29 is 4.39 Å². The molecule has 0 radical (unpaired) electrons. The van der Waals surface area contributed by atoms with E-state index in [9.17, 15) is 4.39 Å². The highest BCUT2D eigenvalue weighted by Gasteiger charge is 2.07. The van der Waals surface area contributed by atoms with Crippen LogP contribution < -0.4 is 4.90 Å². The maximum atomic E-state index is 13.4. The Morgan fingerprint density at radius 2 is 2.06 bits per heavy atom. The first kappa shape index (κ1) is 13.8. The summed E-state index contributed by atoms with van der Waals surface area (Å²) in [5.41, 5.74) is 2.84. The molecular formula is C13H12BrClFNS. The normalized spacial score (nSPS) is 10.7. The second-order valence-electron chi connectivity index (χ2n) is 4.07. The van der Waals surface area contributed by atoms with Crippen molar-refractivity contribution in [1.29, 1.82) is 0 Å². The molecule has 0 amide bonds. The third-order valence-electron chi connectivity index (χ3n) is 2.58. The SMILES string of the molecule is CN(Cc1csc(Br)c1)c1cc(F)cc(CCl)c1. The fraction of sp³-hybridized carbons (Fsp3) is 0.231. The smallest absolute Gasteiger partial charge is 0.125 e. The van der Waals surface area contributed by atoms with Gasteiger partial charge in [0.15, 0.2) is 0 Å². The summed E-state index contributed by atoms with van der Waals surface area (Å²) >= 11 is 10.8. The lowest BCUT2D eigenvalue weighted by molar-refractivity contribution is 0.625. The van der Waals surface area contributed by atoms with E-state index < -0.39 is 0 Å². The van der Waals surface area contributed by atoms with E-state index in [1.54, 1.807) is 11.3 Å². The summed E-state index contributed by atoms with van der Waals surface area (Å²) in [6, 6.07) is 6.98. The lowest BCUT2D eigenvalue weighted by Crippen LogP contribution is -2.16. The number of hydrogen-bond donors (Lipinski definition) is 0. The highest BCUT2D eigenvalue weighted by atomic mass is 79.9. The minimum absolute atomic E-state index is 0.249. The molecule has 0 aliphatic carbocycles. The zero-order valence-electron chi connectivity index (χ0n) is 9.79. The molecule has 0 aliphatic heterocycles. The fourth-order valence-corrected chi connectivity index (χ4v) is 3.08. The number of thiophene rings is 1. The molecule has 0 unspecified atom stereocenters. The quantitative estimate of drug-likeness (QED) is 0.701. The molecule has 0 atom stereocenters. The van der Waals surface area contributed by atoms with Gasteiger partial charge in [-0.15, -0.1) is 22.9 Å². The summed E-state index contributed by atoms with van der Waals surface area (Å²) in [7, 11) is 1.94. The number of nitrogens with zero attached hydrogens (tertiary/aromatic N) is 1. The molecule has 1 aromatic carbocycles. The Labute approximate surface area is 123 Å². The van der Waals surface area contributed by atoms with Crippen LogP contribution in [-0.2, 0) is 12.4 Å². The molecule has 1 heterocycles. The standard InChI is InChI=1S/C13H12BrClFNS/c1-17(7-10-4-13(14)18-8-10)12-3-9(6-15)2-11(16)5-12/h2-5,8H,6-7H2,1H3. The van der Waals surface area contributed by atoms with Crippen LogP contribution in [0.1, 0.15) is 11.1 Å². The van der Waals surface area contributed by atoms with Gasteiger partial charge in [-0.05, 0) is 56.7 Å². The van der Waals surface area contributed by atoms with Gasteiger partial charge < -0.3 is 4.90 Å². The van der Waals surface area contributed by atoms with E-state index in [1.807, 2.05) is 18.0 Å². The van der Waals surface area contributed by atoms with E-state index in [4.69, 9.17) is 11.6 Å². The Morgan fingerprint density at radius 1 is 1.28 bits per heavy atom. The molecule has 0 N–H and O–H groups in total. The number of hydrogen-bond acceptors (Lipinski definition) is 2. The van der Waals surface area contributed by atoms with Crippen LogP contribution in [0.5, 0.6) is 0 Å². The van der Waals surface area contributed by atoms with Gasteiger partial charge in [-0.2, -0.15) is 0 Å². The van der Waals surface area contributed by atoms with Crippen LogP contribution >= 0.6 is 38.9 Å². The summed E-state index contributed by atoms with van der Waals surface area (Å²) in [6.45, 7) is 0.743. The van der Waals surface area contributed by atoms with Crippen LogP contribution in [0.2, 0.25) is 0 Å². The van der Waals surface area contributed by atoms with Crippen molar-refractivity contribution in [2.75, 3.05) is 11.9 Å². The maximum Gasteiger partial charge on any atom is 0.125 e. The van der Waals surface area contributed by atoms with Crippen LogP contribution in [0.4, 0.5) is 10.1 Å². The van der Waals surface area contributed by atoms with E-state index in [1.165, 1.54) is 17.7 Å². The fourth-order valence-electron chi connectivity index (χ4n) is 1.72. The largest absolute Gasteiger partial charge is 0.370 e. The molecule has 0 saturated carbocycles. The van der Waals surface area contributed by atoms with Gasteiger partial charge in [0, 0.05) is 25.2 Å². The monoisotopic (exact) mass is 347 g/mol. The van der Waals surface area contributed by atoms with Crippen LogP contribution in [0.15, 0.2) is 33.4 Å². The molecule has 5 heteroatoms. The first-order valence-electron chi connectivity index (χ1n) is 5.38. The second-order valence-corrected chi connectivity index (χ2v) is 6.62. The van der Waals surface area contributed by atoms with E-state index >= 15 is 0 Å². The molecule has 18 heavy (non-hydrogen) atoms. The van der Waals surface area contributed by atoms with Crippen molar-refractivity contribution in [3.63, 3.8) is 0 Å². The Balaban J connectivity index is 2.17. The van der Waals surface area contributed by atoms with Crippen molar-refractivity contribution in [2.45, 2.75) is 12.4 Å². The summed E-state index contributed by atoms with van der Waals surface area (Å²) in [5, 5.41) is 2.09. The van der Waals surface area contributed by atoms with Gasteiger partial charge in [-0.3, -0.25) is 0 Å². The first-order chi connectivity index (χ1) is 8.58. The Hall–Kier alpha value is -0.580. The Bertz CT molecular complexity index is 544. The lowest BCUT2D eigenvalue weighted by atomic mass is 10.2. The summed E-state index contributed by atoms with van der Waals surface area (Å²) in [6.07, 6.45) is 0. The molecule has 1 aromatic heterocycles. The number of rotatable bonds is 4. The van der Waals surface area contributed by atoms with E-state index in [0.717, 1.165) is 21.6 Å². The van der Waals surface area contributed by atoms with Crippen molar-refractivity contribution in [2.24, 2.45) is 0 Å². The van der Waals surface area contributed by atoms with Gasteiger partial charge in [0.25, 0.3) is 0 Å². The summed E-state index contributed by atoms with van der Waals surface area (Å²) in [5.74, 6) is 0.0734. The molecule has 96 valence electrons. The van der Waals surface area contributed by atoms with Gasteiger partial charge >= 0.3 is 0 Å². The topological polar surface area (TPSA) is 3.24 Å². The van der Waals surface area contributed by atoms with Gasteiger partial charge in [0.1, 0.15) is 5.82 Å². The molecular weight excluding hydrogens is 337 g/mol. The van der Waals surface area contributed by atoms with Gasteiger partial charge in [-0.1, -0.05) is 0 Å². The van der Waals surface area contributed by atoms with E-state index in [2.05, 4.69) is 27.4 Å². The lowest BCUT2D eigenvalue weighted by Gasteiger charge is -2.19. The van der Waals surface area contributed by atoms with Crippen molar-refractivity contribution in [1.82, 2.24) is 0 Å². The Kier molecular flexibility index (Phi) is 4.65. The van der Waals surface area contributed by atoms with Crippen molar-refractivity contribution in [3.05, 3.63) is 50.4 Å². The molecule has 0 spiro atoms. The first-order valence-corrected chi connectivity index (χ1v) is 7.58. The van der Waals surface area contributed by atoms with Gasteiger partial charge in [0.2, 0.25) is 0 Å². The number of anilines is 1. The highest BCUT2D eigenvalue weighted by molar-refractivity contribution is 9.11. The predicted octanol–water partition coefficient (Wildman–Crippen LogP) is 5.02. The molecule has 0 bridgehead atoms. The van der Waals surface area contributed by atoms with Gasteiger partial charge in [0.05, 0.1) is 3.79 Å². The molecule has 1 nitrogen and oxygen atoms in total. The second kappa shape index (κ2) is 6.04. The van der Waals surface area contributed by atoms with E-state index in [-0.39, 0.29) is 5.82 Å². The highest BCUT2D eigenvalue weighted by Crippen LogP contribution is 2.24. The Morgan fingerprint density at radius 3 is 2.67 bits per heavy atom. The minimum Gasteiger partial charge on any atom is -0.370 e. The van der Waals surface area contributed by atoms with Gasteiger partial charge in [-0.25, -0.2) is 4.39 Å². The molecule has 0 saturated heterocycles. The third-order valence-corrected chi connectivity index (χ3v) is 4.44. The third kappa shape index (κ3) is 3.46. The number of halogens is 3.